The summed E-state index contributed by atoms with van der Waals surface area (Å²) < 4.78 is 0. The van der Waals surface area contributed by atoms with Crippen molar-refractivity contribution in [3.8, 4) is 0 Å². The highest BCUT2D eigenvalue weighted by Gasteiger charge is 2.23. The standard InChI is InChI=1S/C18H21N3O2S.ClH/c1-19-15-4-2-10-21(12-15)18(23)13-6-8-14(9-7-13)20-17(22)16-5-3-11-24-16;/h3,5-9,11,15,19H,2,4,10,12H2,1H3,(H,20,22);1H. The molecule has 0 radical (unpaired) electrons. The van der Waals surface area contributed by atoms with Crippen LogP contribution in [-0.2, 0) is 0 Å². The molecule has 2 heterocycles. The number of piperidine rings is 1. The smallest absolute Gasteiger partial charge is 0.265 e. The molecule has 1 aliphatic rings. The number of rotatable bonds is 4. The van der Waals surface area contributed by atoms with Crippen molar-refractivity contribution in [1.29, 1.82) is 0 Å². The Bertz CT molecular complexity index is 704. The lowest BCUT2D eigenvalue weighted by Gasteiger charge is -2.32. The number of nitrogens with one attached hydrogen (secondary N) is 2. The summed E-state index contributed by atoms with van der Waals surface area (Å²) in [6.45, 7) is 1.54. The van der Waals surface area contributed by atoms with Crippen molar-refractivity contribution in [3.63, 3.8) is 0 Å². The zero-order valence-corrected chi connectivity index (χ0v) is 15.7. The van der Waals surface area contributed by atoms with E-state index in [1.807, 2.05) is 23.4 Å². The highest BCUT2D eigenvalue weighted by Crippen LogP contribution is 2.17. The summed E-state index contributed by atoms with van der Waals surface area (Å²) in [5, 5.41) is 7.96. The Hall–Kier alpha value is -1.89. The Morgan fingerprint density at radius 1 is 1.20 bits per heavy atom. The molecule has 1 fully saturated rings. The lowest BCUT2D eigenvalue weighted by molar-refractivity contribution is 0.0698. The highest BCUT2D eigenvalue weighted by atomic mass is 35.5. The van der Waals surface area contributed by atoms with Crippen LogP contribution in [0.25, 0.3) is 0 Å². The summed E-state index contributed by atoms with van der Waals surface area (Å²) in [6.07, 6.45) is 2.13. The summed E-state index contributed by atoms with van der Waals surface area (Å²) in [4.78, 5) is 27.2. The number of likely N-dealkylation sites (tertiary alicyclic amines) is 1. The normalized spacial score (nSPS) is 16.8. The molecule has 25 heavy (non-hydrogen) atoms. The van der Waals surface area contributed by atoms with E-state index < -0.39 is 0 Å². The van der Waals surface area contributed by atoms with Gasteiger partial charge in [0, 0.05) is 30.4 Å². The molecule has 1 aromatic carbocycles. The number of hydrogen-bond acceptors (Lipinski definition) is 4. The van der Waals surface area contributed by atoms with E-state index in [0.29, 0.717) is 22.2 Å². The molecule has 2 amide bonds. The Morgan fingerprint density at radius 3 is 2.60 bits per heavy atom. The molecule has 2 aromatic rings. The lowest BCUT2D eigenvalue weighted by Crippen LogP contribution is -2.46. The van der Waals surface area contributed by atoms with Crippen LogP contribution < -0.4 is 10.6 Å². The first-order chi connectivity index (χ1) is 11.7. The second-order valence-corrected chi connectivity index (χ2v) is 6.84. The van der Waals surface area contributed by atoms with Gasteiger partial charge in [-0.25, -0.2) is 0 Å². The predicted octanol–water partition coefficient (Wildman–Crippen LogP) is 3.25. The fourth-order valence-corrected chi connectivity index (χ4v) is 3.50. The first kappa shape index (κ1) is 19.4. The minimum absolute atomic E-state index is 0. The van der Waals surface area contributed by atoms with Crippen LogP contribution in [0.5, 0.6) is 0 Å². The van der Waals surface area contributed by atoms with Gasteiger partial charge < -0.3 is 15.5 Å². The van der Waals surface area contributed by atoms with E-state index in [9.17, 15) is 9.59 Å². The Labute approximate surface area is 157 Å². The van der Waals surface area contributed by atoms with Gasteiger partial charge in [0.2, 0.25) is 0 Å². The van der Waals surface area contributed by atoms with Crippen molar-refractivity contribution in [2.45, 2.75) is 18.9 Å². The first-order valence-corrected chi connectivity index (χ1v) is 8.97. The SMILES string of the molecule is CNC1CCCN(C(=O)c2ccc(NC(=O)c3cccs3)cc2)C1.Cl. The Balaban J connectivity index is 0.00000225. The number of anilines is 1. The van der Waals surface area contributed by atoms with Gasteiger partial charge in [-0.2, -0.15) is 0 Å². The Morgan fingerprint density at radius 2 is 1.96 bits per heavy atom. The maximum atomic E-state index is 12.6. The fraction of sp³-hybridized carbons (Fsp3) is 0.333. The monoisotopic (exact) mass is 379 g/mol. The van der Waals surface area contributed by atoms with Gasteiger partial charge in [0.05, 0.1) is 4.88 Å². The topological polar surface area (TPSA) is 61.4 Å². The largest absolute Gasteiger partial charge is 0.337 e. The van der Waals surface area contributed by atoms with Crippen molar-refractivity contribution in [2.75, 3.05) is 25.5 Å². The zero-order valence-electron chi connectivity index (χ0n) is 14.0. The average molecular weight is 380 g/mol. The second kappa shape index (κ2) is 8.99. The van der Waals surface area contributed by atoms with Gasteiger partial charge in [-0.1, -0.05) is 6.07 Å². The van der Waals surface area contributed by atoms with Crippen LogP contribution in [0.1, 0.15) is 32.9 Å². The van der Waals surface area contributed by atoms with E-state index in [4.69, 9.17) is 0 Å². The minimum Gasteiger partial charge on any atom is -0.337 e. The third-order valence-corrected chi connectivity index (χ3v) is 5.12. The maximum absolute atomic E-state index is 12.6. The van der Waals surface area contributed by atoms with Crippen molar-refractivity contribution in [2.24, 2.45) is 0 Å². The number of hydrogen-bond donors (Lipinski definition) is 2. The molecule has 7 heteroatoms. The number of amides is 2. The van der Waals surface area contributed by atoms with E-state index in [2.05, 4.69) is 10.6 Å². The summed E-state index contributed by atoms with van der Waals surface area (Å²) >= 11 is 1.40. The van der Waals surface area contributed by atoms with Crippen molar-refractivity contribution < 1.29 is 9.59 Å². The molecule has 0 spiro atoms. The average Bonchev–Trinajstić information content (AvgIpc) is 3.16. The number of thiophene rings is 1. The van der Waals surface area contributed by atoms with Crippen LogP contribution in [0.2, 0.25) is 0 Å². The number of halogens is 1. The van der Waals surface area contributed by atoms with Gasteiger partial charge in [0.1, 0.15) is 0 Å². The molecule has 0 aliphatic carbocycles. The van der Waals surface area contributed by atoms with Crippen LogP contribution in [-0.4, -0.2) is 42.9 Å². The summed E-state index contributed by atoms with van der Waals surface area (Å²) in [5.74, 6) is -0.0805. The molecule has 1 aliphatic heterocycles. The molecular formula is C18H22ClN3O2S. The summed E-state index contributed by atoms with van der Waals surface area (Å²) in [6, 6.07) is 11.1. The van der Waals surface area contributed by atoms with Crippen LogP contribution in [0.3, 0.4) is 0 Å². The molecule has 1 atom stereocenters. The van der Waals surface area contributed by atoms with Crippen LogP contribution in [0.4, 0.5) is 5.69 Å². The van der Waals surface area contributed by atoms with Crippen LogP contribution in [0.15, 0.2) is 41.8 Å². The van der Waals surface area contributed by atoms with Crippen molar-refractivity contribution in [1.82, 2.24) is 10.2 Å². The van der Waals surface area contributed by atoms with E-state index in [1.54, 1.807) is 30.3 Å². The number of likely N-dealkylation sites (N-methyl/N-ethyl adjacent to an activating group) is 1. The van der Waals surface area contributed by atoms with Gasteiger partial charge in [0.15, 0.2) is 0 Å². The minimum atomic E-state index is -0.128. The zero-order chi connectivity index (χ0) is 16.9. The van der Waals surface area contributed by atoms with E-state index in [1.165, 1.54) is 11.3 Å². The molecule has 0 saturated carbocycles. The number of carbonyl (C=O) groups excluding carboxylic acids is 2. The van der Waals surface area contributed by atoms with E-state index >= 15 is 0 Å². The van der Waals surface area contributed by atoms with Crippen LogP contribution >= 0.6 is 23.7 Å². The second-order valence-electron chi connectivity index (χ2n) is 5.89. The molecule has 134 valence electrons. The molecule has 5 nitrogen and oxygen atoms in total. The predicted molar refractivity (Wildman–Crippen MR) is 104 cm³/mol. The first-order valence-electron chi connectivity index (χ1n) is 8.09. The van der Waals surface area contributed by atoms with Gasteiger partial charge in [-0.3, -0.25) is 9.59 Å². The van der Waals surface area contributed by atoms with E-state index in [-0.39, 0.29) is 24.2 Å². The van der Waals surface area contributed by atoms with Crippen molar-refractivity contribution in [3.05, 3.63) is 52.2 Å². The Kier molecular flexibility index (Phi) is 6.99. The molecule has 2 N–H and O–H groups in total. The number of nitrogens with zero attached hydrogens (tertiary/aromatic N) is 1. The van der Waals surface area contributed by atoms with Crippen molar-refractivity contribution >= 4 is 41.2 Å². The molecule has 1 unspecified atom stereocenters. The van der Waals surface area contributed by atoms with Crippen LogP contribution in [0, 0.1) is 0 Å². The van der Waals surface area contributed by atoms with Gasteiger partial charge in [-0.15, -0.1) is 23.7 Å². The molecule has 0 bridgehead atoms. The third-order valence-electron chi connectivity index (χ3n) is 4.25. The molecule has 3 rings (SSSR count). The number of carbonyl (C=O) groups is 2. The van der Waals surface area contributed by atoms with E-state index in [0.717, 1.165) is 25.9 Å². The molecular weight excluding hydrogens is 358 g/mol. The van der Waals surface area contributed by atoms with Gasteiger partial charge in [0.25, 0.3) is 11.8 Å². The maximum Gasteiger partial charge on any atom is 0.265 e. The summed E-state index contributed by atoms with van der Waals surface area (Å²) in [5.41, 5.74) is 1.34. The highest BCUT2D eigenvalue weighted by molar-refractivity contribution is 7.12. The fourth-order valence-electron chi connectivity index (χ4n) is 2.88. The molecule has 1 aromatic heterocycles. The van der Waals surface area contributed by atoms with Gasteiger partial charge in [-0.05, 0) is 55.6 Å². The lowest BCUT2D eigenvalue weighted by atomic mass is 10.0. The third kappa shape index (κ3) is 4.81. The quantitative estimate of drug-likeness (QED) is 0.857. The molecule has 1 saturated heterocycles. The van der Waals surface area contributed by atoms with Gasteiger partial charge >= 0.3 is 0 Å². The number of benzene rings is 1. The summed E-state index contributed by atoms with van der Waals surface area (Å²) in [7, 11) is 1.93.